The Morgan fingerprint density at radius 2 is 0.968 bits per heavy atom. The first-order valence-electron chi connectivity index (χ1n) is 11.9. The molecule has 0 saturated carbocycles. The minimum atomic E-state index is 0.419. The van der Waals surface area contributed by atoms with Crippen LogP contribution in [0.5, 0.6) is 0 Å². The van der Waals surface area contributed by atoms with Gasteiger partial charge < -0.3 is 9.80 Å². The molecule has 0 bridgehead atoms. The number of anilines is 4. The van der Waals surface area contributed by atoms with Gasteiger partial charge in [-0.25, -0.2) is 0 Å². The van der Waals surface area contributed by atoms with E-state index in [0.29, 0.717) is 23.7 Å². The van der Waals surface area contributed by atoms with Gasteiger partial charge in [0.1, 0.15) is 6.67 Å². The van der Waals surface area contributed by atoms with Crippen LogP contribution in [0.1, 0.15) is 98.6 Å². The molecule has 6 rings (SSSR count). The summed E-state index contributed by atoms with van der Waals surface area (Å²) in [5.41, 5.74) is 14.7. The Morgan fingerprint density at radius 1 is 0.581 bits per heavy atom. The minimum absolute atomic E-state index is 0.419. The summed E-state index contributed by atoms with van der Waals surface area (Å²) in [6.07, 6.45) is 0. The fourth-order valence-electron chi connectivity index (χ4n) is 6.27. The second kappa shape index (κ2) is 6.38. The molecule has 0 saturated heterocycles. The molecule has 31 heavy (non-hydrogen) atoms. The van der Waals surface area contributed by atoms with Crippen molar-refractivity contribution in [2.24, 2.45) is 0 Å². The number of benzene rings is 3. The van der Waals surface area contributed by atoms with Gasteiger partial charge in [0.25, 0.3) is 0 Å². The van der Waals surface area contributed by atoms with Gasteiger partial charge in [0.2, 0.25) is 0 Å². The fraction of sp³-hybridized carbons (Fsp3) is 0.379. The maximum Gasteiger partial charge on any atom is 0.100 e. The molecule has 0 aliphatic carbocycles. The molecule has 0 spiro atoms. The van der Waals surface area contributed by atoms with Crippen LogP contribution in [0.2, 0.25) is 0 Å². The molecular weight excluding hydrogens is 376 g/mol. The van der Waals surface area contributed by atoms with E-state index in [-0.39, 0.29) is 0 Å². The standard InChI is InChI=1S/C29H32N2/c1-16(2)20-9-7-11-22-18(5)24-13-14-25-19(6)23-12-8-10-21(17(3)4)27(23)31-15-30(26(20)22)28(24)29(25)31/h7-14,16-19H,15H2,1-6H3. The molecule has 2 atom stereocenters. The van der Waals surface area contributed by atoms with Crippen molar-refractivity contribution in [2.45, 2.75) is 65.2 Å². The Balaban J connectivity index is 1.67. The van der Waals surface area contributed by atoms with Crippen LogP contribution < -0.4 is 9.80 Å². The van der Waals surface area contributed by atoms with E-state index in [1.807, 2.05) is 0 Å². The number of fused-ring (bicyclic) bond motifs is 4. The first-order valence-corrected chi connectivity index (χ1v) is 11.9. The third kappa shape index (κ3) is 2.34. The number of nitrogens with zero attached hydrogens (tertiary/aromatic N) is 2. The largest absolute Gasteiger partial charge is 0.320 e. The summed E-state index contributed by atoms with van der Waals surface area (Å²) in [6.45, 7) is 15.0. The SMILES string of the molecule is CC(C)c1cccc2c1N1CN3c4c(C(C)C)cccc4C(C)c4ccc(c1c43)C2C. The van der Waals surface area contributed by atoms with Crippen molar-refractivity contribution in [1.82, 2.24) is 0 Å². The zero-order valence-electron chi connectivity index (χ0n) is 19.5. The molecule has 3 aliphatic heterocycles. The van der Waals surface area contributed by atoms with Gasteiger partial charge in [-0.1, -0.05) is 90.1 Å². The normalized spacial score (nSPS) is 20.3. The Labute approximate surface area is 186 Å². The van der Waals surface area contributed by atoms with Gasteiger partial charge in [-0.05, 0) is 45.2 Å². The summed E-state index contributed by atoms with van der Waals surface area (Å²) in [5, 5.41) is 0. The smallest absolute Gasteiger partial charge is 0.100 e. The van der Waals surface area contributed by atoms with Crippen molar-refractivity contribution in [3.05, 3.63) is 81.9 Å². The van der Waals surface area contributed by atoms with Crippen LogP contribution in [0.3, 0.4) is 0 Å². The number of hydrogen-bond donors (Lipinski definition) is 0. The van der Waals surface area contributed by atoms with Gasteiger partial charge >= 0.3 is 0 Å². The molecule has 0 fully saturated rings. The van der Waals surface area contributed by atoms with E-state index in [1.54, 1.807) is 0 Å². The van der Waals surface area contributed by atoms with E-state index in [9.17, 15) is 0 Å². The monoisotopic (exact) mass is 408 g/mol. The molecular formula is C29H32N2. The zero-order chi connectivity index (χ0) is 21.6. The van der Waals surface area contributed by atoms with Crippen LogP contribution in [0.25, 0.3) is 0 Å². The molecule has 3 aromatic carbocycles. The molecule has 3 aliphatic rings. The molecule has 2 heteroatoms. The average molecular weight is 409 g/mol. The predicted molar refractivity (Wildman–Crippen MR) is 132 cm³/mol. The van der Waals surface area contributed by atoms with Crippen molar-refractivity contribution in [1.29, 1.82) is 0 Å². The summed E-state index contributed by atoms with van der Waals surface area (Å²) in [6, 6.07) is 18.7. The Hall–Kier alpha value is -2.74. The van der Waals surface area contributed by atoms with Gasteiger partial charge in [-0.2, -0.15) is 0 Å². The van der Waals surface area contributed by atoms with Crippen LogP contribution in [0.15, 0.2) is 48.5 Å². The number of rotatable bonds is 2. The van der Waals surface area contributed by atoms with Gasteiger partial charge in [0.15, 0.2) is 0 Å². The van der Waals surface area contributed by atoms with E-state index in [0.717, 1.165) is 6.67 Å². The summed E-state index contributed by atoms with van der Waals surface area (Å²) in [7, 11) is 0. The minimum Gasteiger partial charge on any atom is -0.320 e. The lowest BCUT2D eigenvalue weighted by Gasteiger charge is -2.36. The van der Waals surface area contributed by atoms with Crippen molar-refractivity contribution >= 4 is 22.7 Å². The summed E-state index contributed by atoms with van der Waals surface area (Å²) < 4.78 is 0. The van der Waals surface area contributed by atoms with Gasteiger partial charge in [0.05, 0.1) is 22.7 Å². The predicted octanol–water partition coefficient (Wildman–Crippen LogP) is 8.11. The highest BCUT2D eigenvalue weighted by Gasteiger charge is 2.44. The zero-order valence-corrected chi connectivity index (χ0v) is 19.5. The second-order valence-electron chi connectivity index (χ2n) is 10.3. The van der Waals surface area contributed by atoms with Crippen molar-refractivity contribution < 1.29 is 0 Å². The molecule has 0 radical (unpaired) electrons. The van der Waals surface area contributed by atoms with Gasteiger partial charge in [-0.15, -0.1) is 0 Å². The molecule has 0 aromatic heterocycles. The topological polar surface area (TPSA) is 6.48 Å². The van der Waals surface area contributed by atoms with Crippen molar-refractivity contribution in [3.8, 4) is 0 Å². The second-order valence-corrected chi connectivity index (χ2v) is 10.3. The van der Waals surface area contributed by atoms with Crippen LogP contribution in [-0.2, 0) is 0 Å². The highest BCUT2D eigenvalue weighted by molar-refractivity contribution is 5.98. The molecule has 158 valence electrons. The lowest BCUT2D eigenvalue weighted by Crippen LogP contribution is -2.30. The lowest BCUT2D eigenvalue weighted by atomic mass is 9.79. The molecule has 3 aromatic rings. The summed E-state index contributed by atoms with van der Waals surface area (Å²) in [4.78, 5) is 5.27. The maximum absolute atomic E-state index is 2.64. The average Bonchev–Trinajstić information content (AvgIpc) is 3.16. The molecule has 0 amide bonds. The Bertz CT molecular complexity index is 1130. The maximum atomic E-state index is 2.64. The van der Waals surface area contributed by atoms with Crippen molar-refractivity contribution in [3.63, 3.8) is 0 Å². The highest BCUT2D eigenvalue weighted by atomic mass is 15.4. The molecule has 0 N–H and O–H groups in total. The quantitative estimate of drug-likeness (QED) is 0.422. The van der Waals surface area contributed by atoms with Crippen molar-refractivity contribution in [2.75, 3.05) is 16.5 Å². The van der Waals surface area contributed by atoms with Crippen LogP contribution in [0.4, 0.5) is 22.7 Å². The van der Waals surface area contributed by atoms with Crippen LogP contribution in [0, 0.1) is 0 Å². The van der Waals surface area contributed by atoms with Crippen LogP contribution in [-0.4, -0.2) is 6.67 Å². The Kier molecular flexibility index (Phi) is 3.91. The molecule has 2 nitrogen and oxygen atoms in total. The van der Waals surface area contributed by atoms with E-state index in [4.69, 9.17) is 0 Å². The van der Waals surface area contributed by atoms with Crippen LogP contribution >= 0.6 is 0 Å². The lowest BCUT2D eigenvalue weighted by molar-refractivity contribution is 0.807. The van der Waals surface area contributed by atoms with E-state index >= 15 is 0 Å². The third-order valence-corrected chi connectivity index (χ3v) is 7.88. The van der Waals surface area contributed by atoms with E-state index in [2.05, 4.69) is 99.9 Å². The summed E-state index contributed by atoms with van der Waals surface area (Å²) in [5.74, 6) is 1.85. The molecule has 2 unspecified atom stereocenters. The van der Waals surface area contributed by atoms with Gasteiger partial charge in [0, 0.05) is 11.8 Å². The molecule has 3 heterocycles. The first kappa shape index (κ1) is 19.0. The van der Waals surface area contributed by atoms with E-state index < -0.39 is 0 Å². The first-order chi connectivity index (χ1) is 14.9. The highest BCUT2D eigenvalue weighted by Crippen LogP contribution is 2.61. The fourth-order valence-corrected chi connectivity index (χ4v) is 6.27. The Morgan fingerprint density at radius 3 is 1.35 bits per heavy atom. The summed E-state index contributed by atoms with van der Waals surface area (Å²) >= 11 is 0. The third-order valence-electron chi connectivity index (χ3n) is 7.88. The number of hydrogen-bond acceptors (Lipinski definition) is 2. The number of para-hydroxylation sites is 2. The van der Waals surface area contributed by atoms with Gasteiger partial charge in [-0.3, -0.25) is 0 Å². The van der Waals surface area contributed by atoms with E-state index in [1.165, 1.54) is 56.1 Å².